The van der Waals surface area contributed by atoms with Gasteiger partial charge in [-0.15, -0.1) is 0 Å². The Morgan fingerprint density at radius 2 is 1.70 bits per heavy atom. The molecule has 16 heteroatoms. The highest BCUT2D eigenvalue weighted by atomic mass is 32.2. The third kappa shape index (κ3) is 8.02. The van der Waals surface area contributed by atoms with Crippen molar-refractivity contribution < 1.29 is 31.5 Å². The van der Waals surface area contributed by atoms with E-state index in [4.69, 9.17) is 15.0 Å². The minimum absolute atomic E-state index is 0.00413. The molecule has 1 unspecified atom stereocenters. The van der Waals surface area contributed by atoms with Gasteiger partial charge in [0.1, 0.15) is 5.82 Å². The number of likely N-dealkylation sites (N-methyl/N-ethyl adjacent to an activating group) is 1. The van der Waals surface area contributed by atoms with E-state index in [1.165, 1.54) is 12.1 Å². The number of fused-ring (bicyclic) bond motifs is 1. The number of alkyl halides is 3. The monoisotopic (exact) mass is 614 g/mol. The zero-order chi connectivity index (χ0) is 31.4. The van der Waals surface area contributed by atoms with Crippen LogP contribution in [0.5, 0.6) is 0 Å². The van der Waals surface area contributed by atoms with Crippen LogP contribution in [0, 0.1) is 5.92 Å². The van der Waals surface area contributed by atoms with Crippen LogP contribution >= 0.6 is 0 Å². The first-order chi connectivity index (χ1) is 20.2. The number of hydrogen-bond acceptors (Lipinski definition) is 10. The van der Waals surface area contributed by atoms with Crippen molar-refractivity contribution in [2.24, 2.45) is 21.0 Å². The Morgan fingerprint density at radius 3 is 2.35 bits per heavy atom. The predicted octanol–water partition coefficient (Wildman–Crippen LogP) is 4.28. The number of para-hydroxylation sites is 1. The first kappa shape index (κ1) is 30.9. The van der Waals surface area contributed by atoms with Gasteiger partial charge in [-0.1, -0.05) is 37.3 Å². The molecule has 2 heterocycles. The van der Waals surface area contributed by atoms with Gasteiger partial charge in [-0.2, -0.15) is 18.2 Å². The summed E-state index contributed by atoms with van der Waals surface area (Å²) in [5, 5.41) is 18.6. The van der Waals surface area contributed by atoms with Crippen molar-refractivity contribution in [3.05, 3.63) is 90.4 Å². The minimum atomic E-state index is -5.08. The summed E-state index contributed by atoms with van der Waals surface area (Å²) in [6.07, 6.45) is 0.630. The Hall–Kier alpha value is -5.09. The lowest BCUT2D eigenvalue weighted by molar-refractivity contribution is -0.192. The number of aromatic nitrogens is 2. The molecule has 0 saturated heterocycles. The van der Waals surface area contributed by atoms with Crippen molar-refractivity contribution in [3.63, 3.8) is 0 Å². The highest BCUT2D eigenvalue weighted by Gasteiger charge is 2.38. The maximum Gasteiger partial charge on any atom is 0.490 e. The lowest BCUT2D eigenvalue weighted by atomic mass is 9.96. The average molecular weight is 615 g/mol. The van der Waals surface area contributed by atoms with E-state index in [0.717, 1.165) is 22.8 Å². The summed E-state index contributed by atoms with van der Waals surface area (Å²) in [5.41, 5.74) is 4.06. The molecular formula is C27H25F3N8O4S. The van der Waals surface area contributed by atoms with Crippen LogP contribution < -0.4 is 20.7 Å². The number of hydrogen-bond donors (Lipinski definition) is 4. The smallest absolute Gasteiger partial charge is 0.475 e. The van der Waals surface area contributed by atoms with Crippen LogP contribution in [-0.4, -0.2) is 54.4 Å². The molecule has 0 radical (unpaired) electrons. The van der Waals surface area contributed by atoms with Crippen LogP contribution in [0.15, 0.2) is 105 Å². The summed E-state index contributed by atoms with van der Waals surface area (Å²) in [6, 6.07) is 17.8. The quantitative estimate of drug-likeness (QED) is 0.316. The Kier molecular flexibility index (Phi) is 8.91. The van der Waals surface area contributed by atoms with Gasteiger partial charge >= 0.3 is 12.1 Å². The second kappa shape index (κ2) is 12.4. The number of benzene rings is 2. The van der Waals surface area contributed by atoms with E-state index in [2.05, 4.69) is 43.6 Å². The molecule has 1 aliphatic carbocycles. The number of nitrogens with zero attached hydrogens (tertiary/aromatic N) is 5. The fourth-order valence-corrected chi connectivity index (χ4v) is 4.42. The molecule has 1 atom stereocenters. The summed E-state index contributed by atoms with van der Waals surface area (Å²) in [7, 11) is -1.91. The fourth-order valence-electron chi connectivity index (χ4n) is 3.86. The maximum absolute atomic E-state index is 11.7. The summed E-state index contributed by atoms with van der Waals surface area (Å²) < 4.78 is 55.0. The molecule has 5 rings (SSSR count). The number of rotatable bonds is 6. The number of aliphatic carboxylic acids is 1. The number of anilines is 4. The third-order valence-electron chi connectivity index (χ3n) is 5.91. The highest BCUT2D eigenvalue weighted by molar-refractivity contribution is 7.89. The molecule has 43 heavy (non-hydrogen) atoms. The van der Waals surface area contributed by atoms with Gasteiger partial charge in [-0.25, -0.2) is 33.3 Å². The van der Waals surface area contributed by atoms with Crippen molar-refractivity contribution in [3.8, 4) is 0 Å². The van der Waals surface area contributed by atoms with Crippen molar-refractivity contribution in [2.45, 2.75) is 18.0 Å². The van der Waals surface area contributed by atoms with Gasteiger partial charge in [0.05, 0.1) is 16.3 Å². The van der Waals surface area contributed by atoms with Gasteiger partial charge in [0.2, 0.25) is 21.9 Å². The largest absolute Gasteiger partial charge is 0.490 e. The molecular weight excluding hydrogens is 589 g/mol. The number of sulfonamides is 1. The predicted molar refractivity (Wildman–Crippen MR) is 155 cm³/mol. The molecule has 224 valence electrons. The Labute approximate surface area is 244 Å². The minimum Gasteiger partial charge on any atom is -0.475 e. The topological polar surface area (TPSA) is 175 Å². The number of halogens is 3. The number of carbonyl (C=O) groups is 1. The van der Waals surface area contributed by atoms with E-state index in [1.54, 1.807) is 24.4 Å². The van der Waals surface area contributed by atoms with Gasteiger partial charge in [-0.05, 0) is 42.5 Å². The van der Waals surface area contributed by atoms with Crippen LogP contribution in [0.2, 0.25) is 0 Å². The number of guanidine groups is 1. The van der Waals surface area contributed by atoms with E-state index >= 15 is 0 Å². The normalized spacial score (nSPS) is 15.9. The summed E-state index contributed by atoms with van der Waals surface area (Å²) >= 11 is 0. The van der Waals surface area contributed by atoms with E-state index in [1.807, 2.05) is 48.4 Å². The van der Waals surface area contributed by atoms with Gasteiger partial charge in [-0.3, -0.25) is 0 Å². The van der Waals surface area contributed by atoms with Gasteiger partial charge in [0.15, 0.2) is 0 Å². The summed E-state index contributed by atoms with van der Waals surface area (Å²) in [5.74, 6) is -1.18. The zero-order valence-electron chi connectivity index (χ0n) is 22.6. The Balaban J connectivity index is 0.000000541. The second-order valence-corrected chi connectivity index (χ2v) is 10.7. The second-order valence-electron chi connectivity index (χ2n) is 9.13. The van der Waals surface area contributed by atoms with Crippen LogP contribution in [-0.2, 0) is 14.8 Å². The van der Waals surface area contributed by atoms with Crippen LogP contribution in [0.25, 0.3) is 0 Å². The number of carboxylic acids is 1. The number of primary sulfonamides is 1. The fraction of sp³-hybridized carbons (Fsp3) is 0.148. The molecule has 0 bridgehead atoms. The first-order valence-electron chi connectivity index (χ1n) is 12.4. The van der Waals surface area contributed by atoms with E-state index < -0.39 is 22.2 Å². The molecule has 2 aromatic carbocycles. The molecule has 3 aromatic rings. The van der Waals surface area contributed by atoms with Crippen LogP contribution in [0.3, 0.4) is 0 Å². The Morgan fingerprint density at radius 1 is 1.02 bits per heavy atom. The number of allylic oxidation sites excluding steroid dienone is 3. The molecule has 2 aliphatic rings. The van der Waals surface area contributed by atoms with Crippen molar-refractivity contribution in [2.75, 3.05) is 22.6 Å². The van der Waals surface area contributed by atoms with Crippen molar-refractivity contribution >= 4 is 50.8 Å². The number of aliphatic imine (C=N–C) groups is 2. The standard InChI is InChI=1S/C25H24N8O2S.C2HF3O2/c1-16-13-19(15-21-23(16)32-25(30-21)28-17-7-4-3-5-8-17)33(2)22-11-12-27-24(31-22)29-18-9-6-10-20(14-18)36(26,34)35;3-2(4,5)1(6)7/h3-16H,1-2H3,(H,28,30)(H2,26,34,35)(H,27,29,31);(H,6,7). The van der Waals surface area contributed by atoms with E-state index in [9.17, 15) is 21.6 Å². The lowest BCUT2D eigenvalue weighted by Gasteiger charge is -2.24. The van der Waals surface area contributed by atoms with Gasteiger partial charge < -0.3 is 20.6 Å². The summed E-state index contributed by atoms with van der Waals surface area (Å²) in [4.78, 5) is 29.0. The zero-order valence-corrected chi connectivity index (χ0v) is 23.4. The first-order valence-corrected chi connectivity index (χ1v) is 14.0. The SMILES string of the molecule is CC1C=C(N(C)c2ccnc(Nc3cccc(S(N)(=O)=O)c3)n2)C=C2N=C(Nc3ccccc3)N=C21.O=C(O)C(F)(F)F. The summed E-state index contributed by atoms with van der Waals surface area (Å²) in [6.45, 7) is 2.08. The molecule has 0 fully saturated rings. The van der Waals surface area contributed by atoms with Crippen molar-refractivity contribution in [1.29, 1.82) is 0 Å². The molecule has 5 N–H and O–H groups in total. The molecule has 0 saturated carbocycles. The Bertz CT molecular complexity index is 1760. The number of carboxylic acid groups (broad SMARTS) is 1. The van der Waals surface area contributed by atoms with Crippen molar-refractivity contribution in [1.82, 2.24) is 9.97 Å². The van der Waals surface area contributed by atoms with E-state index in [0.29, 0.717) is 23.4 Å². The number of nitrogens with two attached hydrogens (primary N) is 1. The van der Waals surface area contributed by atoms with Gasteiger partial charge in [0.25, 0.3) is 0 Å². The molecule has 0 amide bonds. The maximum atomic E-state index is 11.7. The van der Waals surface area contributed by atoms with E-state index in [-0.39, 0.29) is 10.8 Å². The molecule has 0 spiro atoms. The molecule has 1 aliphatic heterocycles. The van der Waals surface area contributed by atoms with Gasteiger partial charge in [0, 0.05) is 36.2 Å². The molecule has 12 nitrogen and oxygen atoms in total. The number of nitrogens with one attached hydrogen (secondary N) is 2. The average Bonchev–Trinajstić information content (AvgIpc) is 3.36. The molecule has 1 aromatic heterocycles. The van der Waals surface area contributed by atoms with Crippen LogP contribution in [0.1, 0.15) is 6.92 Å². The third-order valence-corrected chi connectivity index (χ3v) is 6.83. The lowest BCUT2D eigenvalue weighted by Crippen LogP contribution is -2.23. The highest BCUT2D eigenvalue weighted by Crippen LogP contribution is 2.29. The van der Waals surface area contributed by atoms with Crippen LogP contribution in [0.4, 0.5) is 36.3 Å².